The molecule has 2 unspecified atom stereocenters. The molecule has 1 saturated heterocycles. The van der Waals surface area contributed by atoms with Gasteiger partial charge in [0.1, 0.15) is 4.90 Å². The number of hydrogen-bond donors (Lipinski definition) is 1. The van der Waals surface area contributed by atoms with E-state index in [2.05, 4.69) is 10.4 Å². The Morgan fingerprint density at radius 3 is 2.61 bits per heavy atom. The van der Waals surface area contributed by atoms with Crippen LogP contribution in [0.15, 0.2) is 47.6 Å². The molecule has 0 spiro atoms. The van der Waals surface area contributed by atoms with Crippen molar-refractivity contribution >= 4 is 22.4 Å². The molecule has 2 aromatic rings. The maximum absolute atomic E-state index is 12.8. The Hall–Kier alpha value is -1.41. The van der Waals surface area contributed by atoms with E-state index in [1.807, 2.05) is 44.2 Å². The lowest BCUT2D eigenvalue weighted by Crippen LogP contribution is -2.56. The monoisotopic (exact) mass is 356 g/mol. The Kier molecular flexibility index (Phi) is 5.46. The van der Waals surface area contributed by atoms with Gasteiger partial charge >= 0.3 is 0 Å². The summed E-state index contributed by atoms with van der Waals surface area (Å²) < 4.78 is 28.8. The van der Waals surface area contributed by atoms with Crippen LogP contribution in [0.25, 0.3) is 5.69 Å². The third-order valence-electron chi connectivity index (χ3n) is 4.16. The van der Waals surface area contributed by atoms with Crippen LogP contribution < -0.4 is 5.32 Å². The van der Waals surface area contributed by atoms with E-state index in [0.29, 0.717) is 13.1 Å². The zero-order valence-corrected chi connectivity index (χ0v) is 14.7. The van der Waals surface area contributed by atoms with E-state index < -0.39 is 10.0 Å². The highest BCUT2D eigenvalue weighted by molar-refractivity contribution is 7.89. The van der Waals surface area contributed by atoms with Gasteiger partial charge in [-0.25, -0.2) is 13.1 Å². The Labute approximate surface area is 143 Å². The number of halogens is 1. The fraction of sp³-hybridized carbons (Fsp3) is 0.400. The molecule has 0 radical (unpaired) electrons. The topological polar surface area (TPSA) is 67.2 Å². The van der Waals surface area contributed by atoms with Crippen LogP contribution in [0.2, 0.25) is 0 Å². The number of rotatable bonds is 3. The van der Waals surface area contributed by atoms with E-state index >= 15 is 0 Å². The van der Waals surface area contributed by atoms with Crippen molar-refractivity contribution in [1.82, 2.24) is 19.4 Å². The van der Waals surface area contributed by atoms with Crippen LogP contribution in [0.1, 0.15) is 13.8 Å². The van der Waals surface area contributed by atoms with Crippen LogP contribution in [-0.4, -0.2) is 47.7 Å². The maximum Gasteiger partial charge on any atom is 0.246 e. The number of benzene rings is 1. The minimum absolute atomic E-state index is 0. The van der Waals surface area contributed by atoms with Crippen molar-refractivity contribution in [2.75, 3.05) is 13.1 Å². The van der Waals surface area contributed by atoms with Gasteiger partial charge in [-0.15, -0.1) is 12.4 Å². The molecule has 0 aliphatic carbocycles. The highest BCUT2D eigenvalue weighted by Crippen LogP contribution is 2.21. The minimum atomic E-state index is -3.52. The molecular formula is C15H21ClN4O2S. The summed E-state index contributed by atoms with van der Waals surface area (Å²) in [4.78, 5) is 0.234. The van der Waals surface area contributed by atoms with Crippen LogP contribution in [0.4, 0.5) is 0 Å². The van der Waals surface area contributed by atoms with Crippen molar-refractivity contribution in [3.8, 4) is 5.69 Å². The minimum Gasteiger partial charge on any atom is -0.311 e. The first kappa shape index (κ1) is 17.9. The predicted molar refractivity (Wildman–Crippen MR) is 91.6 cm³/mol. The van der Waals surface area contributed by atoms with Gasteiger partial charge in [0.2, 0.25) is 10.0 Å². The van der Waals surface area contributed by atoms with Gasteiger partial charge in [-0.05, 0) is 26.0 Å². The second-order valence-electron chi connectivity index (χ2n) is 5.56. The molecule has 3 rings (SSSR count). The quantitative estimate of drug-likeness (QED) is 0.908. The standard InChI is InChI=1S/C15H20N4O2S.ClH/c1-12-13(2)19(9-8-16-12)22(20,21)15-10-17-18(11-15)14-6-4-3-5-7-14;/h3-7,10-13,16H,8-9H2,1-2H3;1H. The summed E-state index contributed by atoms with van der Waals surface area (Å²) in [5.74, 6) is 0. The molecule has 126 valence electrons. The molecule has 2 heterocycles. The summed E-state index contributed by atoms with van der Waals surface area (Å²) in [7, 11) is -3.52. The van der Waals surface area contributed by atoms with Crippen LogP contribution >= 0.6 is 12.4 Å². The molecule has 23 heavy (non-hydrogen) atoms. The second-order valence-corrected chi connectivity index (χ2v) is 7.45. The van der Waals surface area contributed by atoms with Crippen LogP contribution in [0, 0.1) is 0 Å². The number of para-hydroxylation sites is 1. The van der Waals surface area contributed by atoms with Crippen molar-refractivity contribution in [3.63, 3.8) is 0 Å². The lowest BCUT2D eigenvalue weighted by molar-refractivity contribution is 0.233. The average molecular weight is 357 g/mol. The van der Waals surface area contributed by atoms with Crippen LogP contribution in [-0.2, 0) is 10.0 Å². The number of piperazine rings is 1. The summed E-state index contributed by atoms with van der Waals surface area (Å²) in [5.41, 5.74) is 0.839. The SMILES string of the molecule is CC1NCCN(S(=O)(=O)c2cnn(-c3ccccc3)c2)C1C.Cl. The van der Waals surface area contributed by atoms with Gasteiger partial charge in [-0.1, -0.05) is 18.2 Å². The molecule has 2 atom stereocenters. The molecule has 0 bridgehead atoms. The smallest absolute Gasteiger partial charge is 0.246 e. The van der Waals surface area contributed by atoms with Crippen molar-refractivity contribution in [3.05, 3.63) is 42.7 Å². The third-order valence-corrected chi connectivity index (χ3v) is 6.10. The molecule has 1 aliphatic heterocycles. The van der Waals surface area contributed by atoms with Gasteiger partial charge in [0, 0.05) is 25.2 Å². The Bertz CT molecular complexity index is 748. The third kappa shape index (κ3) is 3.42. The van der Waals surface area contributed by atoms with Crippen molar-refractivity contribution < 1.29 is 8.42 Å². The Balaban J connectivity index is 0.00000192. The van der Waals surface area contributed by atoms with Gasteiger partial charge in [0.05, 0.1) is 18.1 Å². The van der Waals surface area contributed by atoms with Crippen LogP contribution in [0.3, 0.4) is 0 Å². The van der Waals surface area contributed by atoms with Crippen molar-refractivity contribution in [1.29, 1.82) is 0 Å². The largest absolute Gasteiger partial charge is 0.311 e. The van der Waals surface area contributed by atoms with Crippen molar-refractivity contribution in [2.24, 2.45) is 0 Å². The van der Waals surface area contributed by atoms with E-state index in [1.54, 1.807) is 15.2 Å². The zero-order chi connectivity index (χ0) is 15.7. The molecular weight excluding hydrogens is 336 g/mol. The molecule has 1 N–H and O–H groups in total. The molecule has 0 amide bonds. The van der Waals surface area contributed by atoms with Crippen molar-refractivity contribution in [2.45, 2.75) is 30.8 Å². The summed E-state index contributed by atoms with van der Waals surface area (Å²) in [6, 6.07) is 9.52. The number of hydrogen-bond acceptors (Lipinski definition) is 4. The molecule has 1 aliphatic rings. The van der Waals surface area contributed by atoms with Gasteiger partial charge in [-0.3, -0.25) is 0 Å². The fourth-order valence-corrected chi connectivity index (χ4v) is 4.30. The average Bonchev–Trinajstić information content (AvgIpc) is 3.01. The van der Waals surface area contributed by atoms with Crippen LogP contribution in [0.5, 0.6) is 0 Å². The van der Waals surface area contributed by atoms with E-state index in [9.17, 15) is 8.42 Å². The molecule has 1 aromatic heterocycles. The lowest BCUT2D eigenvalue weighted by Gasteiger charge is -2.37. The first-order chi connectivity index (χ1) is 10.5. The van der Waals surface area contributed by atoms with E-state index in [-0.39, 0.29) is 29.4 Å². The van der Waals surface area contributed by atoms with E-state index in [0.717, 1.165) is 5.69 Å². The highest BCUT2D eigenvalue weighted by Gasteiger charge is 2.35. The van der Waals surface area contributed by atoms with Gasteiger partial charge in [-0.2, -0.15) is 9.40 Å². The number of sulfonamides is 1. The molecule has 8 heteroatoms. The van der Waals surface area contributed by atoms with E-state index in [1.165, 1.54) is 6.20 Å². The first-order valence-corrected chi connectivity index (χ1v) is 8.79. The molecule has 0 saturated carbocycles. The normalized spacial score (nSPS) is 22.5. The highest BCUT2D eigenvalue weighted by atomic mass is 35.5. The number of aromatic nitrogens is 2. The second kappa shape index (κ2) is 7.00. The Morgan fingerprint density at radius 1 is 1.22 bits per heavy atom. The number of nitrogens with zero attached hydrogens (tertiary/aromatic N) is 3. The predicted octanol–water partition coefficient (Wildman–Crippen LogP) is 1.66. The van der Waals surface area contributed by atoms with Gasteiger partial charge < -0.3 is 5.32 Å². The molecule has 1 aromatic carbocycles. The lowest BCUT2D eigenvalue weighted by atomic mass is 10.1. The summed E-state index contributed by atoms with van der Waals surface area (Å²) in [5, 5.41) is 7.48. The number of nitrogens with one attached hydrogen (secondary N) is 1. The fourth-order valence-electron chi connectivity index (χ4n) is 2.66. The summed E-state index contributed by atoms with van der Waals surface area (Å²) in [6.45, 7) is 5.07. The van der Waals surface area contributed by atoms with E-state index in [4.69, 9.17) is 0 Å². The van der Waals surface area contributed by atoms with Gasteiger partial charge in [0.25, 0.3) is 0 Å². The summed E-state index contributed by atoms with van der Waals surface area (Å²) in [6.07, 6.45) is 2.99. The first-order valence-electron chi connectivity index (χ1n) is 7.35. The molecule has 1 fully saturated rings. The zero-order valence-electron chi connectivity index (χ0n) is 13.1. The van der Waals surface area contributed by atoms with Gasteiger partial charge in [0.15, 0.2) is 0 Å². The maximum atomic E-state index is 12.8. The summed E-state index contributed by atoms with van der Waals surface area (Å²) >= 11 is 0. The Morgan fingerprint density at radius 2 is 1.91 bits per heavy atom. The molecule has 6 nitrogen and oxygen atoms in total.